The number of anilines is 2. The van der Waals surface area contributed by atoms with Crippen LogP contribution in [0.5, 0.6) is 5.75 Å². The van der Waals surface area contributed by atoms with Gasteiger partial charge in [0.2, 0.25) is 0 Å². The van der Waals surface area contributed by atoms with E-state index in [0.717, 1.165) is 0 Å². The number of nitrogens with one attached hydrogen (secondary N) is 2. The van der Waals surface area contributed by atoms with Crippen LogP contribution < -0.4 is 15.4 Å². The maximum Gasteiger partial charge on any atom is 0.323 e. The third-order valence-electron chi connectivity index (χ3n) is 5.97. The summed E-state index contributed by atoms with van der Waals surface area (Å²) in [7, 11) is 3.04. The summed E-state index contributed by atoms with van der Waals surface area (Å²) in [5.41, 5.74) is 0.992. The molecule has 2 aromatic carbocycles. The van der Waals surface area contributed by atoms with Gasteiger partial charge in [-0.1, -0.05) is 6.07 Å². The smallest absolute Gasteiger partial charge is 0.323 e. The van der Waals surface area contributed by atoms with Gasteiger partial charge in [-0.25, -0.2) is 9.18 Å². The molecular weight excluding hydrogens is 445 g/mol. The molecule has 0 aromatic heterocycles. The van der Waals surface area contributed by atoms with Gasteiger partial charge in [-0.3, -0.25) is 9.59 Å². The molecule has 4 rings (SSSR count). The topological polar surface area (TPSA) is 106 Å². The van der Waals surface area contributed by atoms with E-state index in [2.05, 4.69) is 10.6 Å². The van der Waals surface area contributed by atoms with Gasteiger partial charge >= 0.3 is 12.0 Å². The summed E-state index contributed by atoms with van der Waals surface area (Å²) in [6.45, 7) is 0.208. The van der Waals surface area contributed by atoms with Gasteiger partial charge < -0.3 is 29.7 Å². The minimum atomic E-state index is -0.574. The fourth-order valence-electron chi connectivity index (χ4n) is 4.23. The maximum atomic E-state index is 13.3. The molecule has 3 amide bonds. The fraction of sp³-hybridized carbons (Fsp3) is 0.375. The largest absolute Gasteiger partial charge is 0.490 e. The van der Waals surface area contributed by atoms with Gasteiger partial charge in [-0.05, 0) is 49.2 Å². The molecule has 3 atom stereocenters. The second kappa shape index (κ2) is 10.1. The van der Waals surface area contributed by atoms with Gasteiger partial charge in [-0.15, -0.1) is 0 Å². The summed E-state index contributed by atoms with van der Waals surface area (Å²) in [6.07, 6.45) is 0.744. The van der Waals surface area contributed by atoms with E-state index >= 15 is 0 Å². The molecule has 34 heavy (non-hydrogen) atoms. The van der Waals surface area contributed by atoms with E-state index in [1.165, 1.54) is 25.3 Å². The quantitative estimate of drug-likeness (QED) is 0.662. The Labute approximate surface area is 196 Å². The van der Waals surface area contributed by atoms with E-state index in [0.29, 0.717) is 35.5 Å². The number of nitrogens with zero attached hydrogens (tertiary/aromatic N) is 1. The first-order valence-corrected chi connectivity index (χ1v) is 10.9. The number of methoxy groups -OCH3 is 1. The highest BCUT2D eigenvalue weighted by Crippen LogP contribution is 2.32. The Morgan fingerprint density at radius 3 is 2.65 bits per heavy atom. The predicted molar refractivity (Wildman–Crippen MR) is 121 cm³/mol. The van der Waals surface area contributed by atoms with Crippen molar-refractivity contribution in [2.24, 2.45) is 0 Å². The summed E-state index contributed by atoms with van der Waals surface area (Å²) in [4.78, 5) is 38.8. The van der Waals surface area contributed by atoms with E-state index in [4.69, 9.17) is 14.2 Å². The third kappa shape index (κ3) is 5.28. The van der Waals surface area contributed by atoms with Crippen molar-refractivity contribution in [3.05, 3.63) is 53.8 Å². The lowest BCUT2D eigenvalue weighted by Crippen LogP contribution is -2.53. The number of urea groups is 1. The number of esters is 1. The van der Waals surface area contributed by atoms with Crippen LogP contribution in [0.3, 0.4) is 0 Å². The van der Waals surface area contributed by atoms with Crippen LogP contribution in [0.1, 0.15) is 29.6 Å². The van der Waals surface area contributed by atoms with Crippen molar-refractivity contribution >= 4 is 29.3 Å². The summed E-state index contributed by atoms with van der Waals surface area (Å²) in [5.74, 6) is -0.711. The lowest BCUT2D eigenvalue weighted by Gasteiger charge is -2.42. The zero-order valence-corrected chi connectivity index (χ0v) is 18.9. The van der Waals surface area contributed by atoms with Crippen LogP contribution in [-0.2, 0) is 14.3 Å². The molecule has 10 heteroatoms. The number of benzene rings is 2. The first-order valence-electron chi connectivity index (χ1n) is 10.9. The monoisotopic (exact) mass is 471 g/mol. The second-order valence-electron chi connectivity index (χ2n) is 8.25. The lowest BCUT2D eigenvalue weighted by molar-refractivity contribution is -0.151. The van der Waals surface area contributed by atoms with E-state index in [1.54, 1.807) is 36.2 Å². The number of hydrogen-bond donors (Lipinski definition) is 2. The Kier molecular flexibility index (Phi) is 6.97. The number of halogens is 1. The number of likely N-dealkylation sites (N-methyl/N-ethyl adjacent to an activating group) is 1. The van der Waals surface area contributed by atoms with Crippen molar-refractivity contribution in [2.75, 3.05) is 31.4 Å². The van der Waals surface area contributed by atoms with Gasteiger partial charge in [0.05, 0.1) is 31.2 Å². The number of amides is 3. The Balaban J connectivity index is 1.47. The van der Waals surface area contributed by atoms with Gasteiger partial charge in [0.25, 0.3) is 5.91 Å². The first kappa shape index (κ1) is 23.5. The number of hydrogen-bond acceptors (Lipinski definition) is 6. The molecule has 0 radical (unpaired) electrons. The molecule has 2 aromatic rings. The molecule has 0 saturated carbocycles. The van der Waals surface area contributed by atoms with Crippen LogP contribution in [0.15, 0.2) is 42.5 Å². The highest BCUT2D eigenvalue weighted by molar-refractivity contribution is 6.02. The highest BCUT2D eigenvalue weighted by atomic mass is 19.1. The lowest BCUT2D eigenvalue weighted by atomic mass is 9.94. The predicted octanol–water partition coefficient (Wildman–Crippen LogP) is 3.41. The molecule has 2 heterocycles. The maximum absolute atomic E-state index is 13.3. The van der Waals surface area contributed by atoms with E-state index < -0.39 is 11.8 Å². The molecule has 2 aliphatic rings. The van der Waals surface area contributed by atoms with E-state index in [9.17, 15) is 18.8 Å². The third-order valence-corrected chi connectivity index (χ3v) is 5.97. The van der Waals surface area contributed by atoms with Crippen molar-refractivity contribution in [1.29, 1.82) is 0 Å². The average Bonchev–Trinajstić information content (AvgIpc) is 2.81. The van der Waals surface area contributed by atoms with Gasteiger partial charge in [-0.2, -0.15) is 0 Å². The van der Waals surface area contributed by atoms with Crippen LogP contribution in [0, 0.1) is 5.82 Å². The molecule has 1 fully saturated rings. The van der Waals surface area contributed by atoms with Crippen molar-refractivity contribution in [2.45, 2.75) is 37.5 Å². The second-order valence-corrected chi connectivity index (χ2v) is 8.25. The van der Waals surface area contributed by atoms with E-state index in [-0.39, 0.29) is 43.2 Å². The van der Waals surface area contributed by atoms with Crippen molar-refractivity contribution < 1.29 is 33.0 Å². The van der Waals surface area contributed by atoms with Crippen LogP contribution in [0.4, 0.5) is 20.6 Å². The molecule has 0 unspecified atom stereocenters. The fourth-order valence-corrected chi connectivity index (χ4v) is 4.23. The molecule has 2 aliphatic heterocycles. The molecule has 0 spiro atoms. The van der Waals surface area contributed by atoms with E-state index in [1.807, 2.05) is 0 Å². The van der Waals surface area contributed by atoms with Gasteiger partial charge in [0, 0.05) is 18.4 Å². The van der Waals surface area contributed by atoms with Gasteiger partial charge in [0.1, 0.15) is 24.3 Å². The number of carbonyl (C=O) groups excluding carboxylic acids is 3. The molecule has 180 valence electrons. The molecule has 1 saturated heterocycles. The number of ether oxygens (including phenoxy) is 3. The molecule has 0 aliphatic carbocycles. The van der Waals surface area contributed by atoms with Crippen LogP contribution >= 0.6 is 0 Å². The number of fused-ring (bicyclic) bond motifs is 2. The SMILES string of the molecule is COC(=O)C[C@@H]1CC[C@H]2[C@H](COc3ccc(NC(=O)Nc4cccc(F)c4)cc3C(=O)N2C)O1. The summed E-state index contributed by atoms with van der Waals surface area (Å²) in [5, 5.41) is 5.20. The summed E-state index contributed by atoms with van der Waals surface area (Å²) < 4.78 is 30.0. The highest BCUT2D eigenvalue weighted by Gasteiger charge is 2.39. The first-order chi connectivity index (χ1) is 16.3. The minimum absolute atomic E-state index is 0.153. The minimum Gasteiger partial charge on any atom is -0.490 e. The zero-order chi connectivity index (χ0) is 24.2. The Hall–Kier alpha value is -3.66. The number of rotatable bonds is 4. The molecular formula is C24H26FN3O6. The van der Waals surface area contributed by atoms with Crippen LogP contribution in [0.25, 0.3) is 0 Å². The zero-order valence-electron chi connectivity index (χ0n) is 18.9. The number of carbonyl (C=O) groups is 3. The normalized spacial score (nSPS) is 21.8. The molecule has 9 nitrogen and oxygen atoms in total. The van der Waals surface area contributed by atoms with Crippen molar-refractivity contribution in [1.82, 2.24) is 4.90 Å². The van der Waals surface area contributed by atoms with Crippen molar-refractivity contribution in [3.8, 4) is 5.75 Å². The van der Waals surface area contributed by atoms with Crippen LogP contribution in [-0.4, -0.2) is 61.8 Å². The average molecular weight is 471 g/mol. The summed E-state index contributed by atoms with van der Waals surface area (Å²) in [6, 6.07) is 9.50. The van der Waals surface area contributed by atoms with Crippen LogP contribution in [0.2, 0.25) is 0 Å². The standard InChI is InChI=1S/C24H26FN3O6/c1-28-19-8-7-17(12-22(29)32-2)34-21(19)13-33-20-9-6-16(11-18(20)23(28)30)27-24(31)26-15-5-3-4-14(25)10-15/h3-6,9-11,17,19,21H,7-8,12-13H2,1-2H3,(H2,26,27,31)/t17-,19-,21-/m0/s1. The van der Waals surface area contributed by atoms with Crippen molar-refractivity contribution in [3.63, 3.8) is 0 Å². The Morgan fingerprint density at radius 1 is 1.15 bits per heavy atom. The Morgan fingerprint density at radius 2 is 1.91 bits per heavy atom. The molecule has 2 N–H and O–H groups in total. The van der Waals surface area contributed by atoms with Gasteiger partial charge in [0.15, 0.2) is 0 Å². The summed E-state index contributed by atoms with van der Waals surface area (Å²) >= 11 is 0. The Bertz CT molecular complexity index is 1090. The molecule has 0 bridgehead atoms.